The lowest BCUT2D eigenvalue weighted by molar-refractivity contribution is 0.0937. The van der Waals surface area contributed by atoms with Gasteiger partial charge in [0, 0.05) is 36.8 Å². The number of amides is 1. The third-order valence-corrected chi connectivity index (χ3v) is 4.43. The number of carbonyl (C=O) groups is 1. The molecule has 0 aliphatic carbocycles. The molecule has 5 nitrogen and oxygen atoms in total. The summed E-state index contributed by atoms with van der Waals surface area (Å²) in [6, 6.07) is 14.6. The quantitative estimate of drug-likeness (QED) is 0.807. The highest BCUT2D eigenvalue weighted by Crippen LogP contribution is 2.23. The molecule has 24 heavy (non-hydrogen) atoms. The Hall–Kier alpha value is -2.53. The summed E-state index contributed by atoms with van der Waals surface area (Å²) in [6.45, 7) is 3.81. The van der Waals surface area contributed by atoms with Crippen molar-refractivity contribution in [2.75, 3.05) is 6.54 Å². The number of rotatable bonds is 4. The van der Waals surface area contributed by atoms with Crippen LogP contribution in [0.3, 0.4) is 0 Å². The number of nitrogens with one attached hydrogen (secondary N) is 1. The molecule has 2 aromatic rings. The van der Waals surface area contributed by atoms with Crippen LogP contribution in [0, 0.1) is 0 Å². The minimum atomic E-state index is -0.278. The SMILES string of the molecule is C[C@H]1C[C@H](NC(=O)c2cc(O)cc(O)c2)CN1Cc1ccccc1. The van der Waals surface area contributed by atoms with E-state index in [1.807, 2.05) is 18.2 Å². The van der Waals surface area contributed by atoms with Crippen molar-refractivity contribution in [1.29, 1.82) is 0 Å². The van der Waals surface area contributed by atoms with Crippen molar-refractivity contribution >= 4 is 5.91 Å². The van der Waals surface area contributed by atoms with Crippen molar-refractivity contribution in [1.82, 2.24) is 10.2 Å². The fourth-order valence-corrected chi connectivity index (χ4v) is 3.24. The molecule has 0 bridgehead atoms. The Bertz CT molecular complexity index is 698. The zero-order valence-corrected chi connectivity index (χ0v) is 13.6. The molecular formula is C19H22N2O3. The number of phenolic OH excluding ortho intramolecular Hbond substituents is 2. The summed E-state index contributed by atoms with van der Waals surface area (Å²) in [5.41, 5.74) is 1.52. The van der Waals surface area contributed by atoms with E-state index < -0.39 is 0 Å². The van der Waals surface area contributed by atoms with Crippen molar-refractivity contribution in [2.45, 2.75) is 32.0 Å². The first-order chi connectivity index (χ1) is 11.5. The van der Waals surface area contributed by atoms with E-state index in [-0.39, 0.29) is 29.0 Å². The highest BCUT2D eigenvalue weighted by atomic mass is 16.3. The van der Waals surface area contributed by atoms with Gasteiger partial charge in [0.1, 0.15) is 11.5 Å². The Labute approximate surface area is 141 Å². The lowest BCUT2D eigenvalue weighted by atomic mass is 10.1. The third kappa shape index (κ3) is 3.86. The summed E-state index contributed by atoms with van der Waals surface area (Å²) < 4.78 is 0. The fraction of sp³-hybridized carbons (Fsp3) is 0.316. The maximum atomic E-state index is 12.3. The molecule has 126 valence electrons. The van der Waals surface area contributed by atoms with Gasteiger partial charge in [0.05, 0.1) is 0 Å². The minimum absolute atomic E-state index is 0.0562. The van der Waals surface area contributed by atoms with Crippen molar-refractivity contribution in [2.24, 2.45) is 0 Å². The molecule has 5 heteroatoms. The topological polar surface area (TPSA) is 72.8 Å². The summed E-state index contributed by atoms with van der Waals surface area (Å²) in [6.07, 6.45) is 0.878. The number of phenols is 2. The van der Waals surface area contributed by atoms with Gasteiger partial charge in [-0.3, -0.25) is 9.69 Å². The summed E-state index contributed by atoms with van der Waals surface area (Å²) in [5, 5.41) is 22.0. The van der Waals surface area contributed by atoms with E-state index in [2.05, 4.69) is 29.3 Å². The van der Waals surface area contributed by atoms with Gasteiger partial charge in [-0.2, -0.15) is 0 Å². The van der Waals surface area contributed by atoms with E-state index in [0.717, 1.165) is 19.5 Å². The molecule has 1 amide bonds. The number of hydrogen-bond donors (Lipinski definition) is 3. The van der Waals surface area contributed by atoms with Gasteiger partial charge in [0.25, 0.3) is 5.91 Å². The monoisotopic (exact) mass is 326 g/mol. The smallest absolute Gasteiger partial charge is 0.251 e. The molecule has 3 N–H and O–H groups in total. The predicted octanol–water partition coefficient (Wildman–Crippen LogP) is 2.49. The summed E-state index contributed by atoms with van der Waals surface area (Å²) in [4.78, 5) is 14.7. The predicted molar refractivity (Wildman–Crippen MR) is 92.0 cm³/mol. The van der Waals surface area contributed by atoms with Crippen molar-refractivity contribution < 1.29 is 15.0 Å². The third-order valence-electron chi connectivity index (χ3n) is 4.43. The standard InChI is InChI=1S/C19H22N2O3/c1-13-7-16(12-21(13)11-14-5-3-2-4-6-14)20-19(24)15-8-17(22)10-18(23)9-15/h2-6,8-10,13,16,22-23H,7,11-12H2,1H3,(H,20,24)/t13-,16-/m0/s1. The van der Waals surface area contributed by atoms with Gasteiger partial charge in [0.2, 0.25) is 0 Å². The first-order valence-electron chi connectivity index (χ1n) is 8.13. The average molecular weight is 326 g/mol. The van der Waals surface area contributed by atoms with Crippen molar-refractivity contribution in [3.8, 4) is 11.5 Å². The normalized spacial score (nSPS) is 20.9. The van der Waals surface area contributed by atoms with E-state index in [1.54, 1.807) is 0 Å². The van der Waals surface area contributed by atoms with Gasteiger partial charge in [-0.25, -0.2) is 0 Å². The van der Waals surface area contributed by atoms with Gasteiger partial charge < -0.3 is 15.5 Å². The van der Waals surface area contributed by atoms with Crippen LogP contribution in [0.4, 0.5) is 0 Å². The van der Waals surface area contributed by atoms with Crippen molar-refractivity contribution in [3.63, 3.8) is 0 Å². The Morgan fingerprint density at radius 1 is 1.17 bits per heavy atom. The second-order valence-electron chi connectivity index (χ2n) is 6.41. The highest BCUT2D eigenvalue weighted by molar-refractivity contribution is 5.95. The Morgan fingerprint density at radius 2 is 1.83 bits per heavy atom. The molecule has 0 spiro atoms. The van der Waals surface area contributed by atoms with E-state index in [9.17, 15) is 15.0 Å². The molecule has 2 aromatic carbocycles. The summed E-state index contributed by atoms with van der Waals surface area (Å²) in [7, 11) is 0. The van der Waals surface area contributed by atoms with Gasteiger partial charge >= 0.3 is 0 Å². The van der Waals surface area contributed by atoms with E-state index in [0.29, 0.717) is 6.04 Å². The number of carbonyl (C=O) groups excluding carboxylic acids is 1. The molecule has 1 aliphatic rings. The molecule has 0 unspecified atom stereocenters. The van der Waals surface area contributed by atoms with Crippen LogP contribution in [-0.2, 0) is 6.54 Å². The molecule has 0 radical (unpaired) electrons. The zero-order chi connectivity index (χ0) is 17.1. The molecule has 0 saturated carbocycles. The van der Waals surface area contributed by atoms with Crippen LogP contribution >= 0.6 is 0 Å². The first kappa shape index (κ1) is 16.3. The second kappa shape index (κ2) is 6.93. The number of aromatic hydroxyl groups is 2. The number of likely N-dealkylation sites (tertiary alicyclic amines) is 1. The van der Waals surface area contributed by atoms with E-state index >= 15 is 0 Å². The largest absolute Gasteiger partial charge is 0.508 e. The van der Waals surface area contributed by atoms with Gasteiger partial charge in [-0.1, -0.05) is 30.3 Å². The summed E-state index contributed by atoms with van der Waals surface area (Å²) >= 11 is 0. The molecule has 1 fully saturated rings. The first-order valence-corrected chi connectivity index (χ1v) is 8.13. The number of nitrogens with zero attached hydrogens (tertiary/aromatic N) is 1. The van der Waals surface area contributed by atoms with Crippen LogP contribution < -0.4 is 5.32 Å². The summed E-state index contributed by atoms with van der Waals surface area (Å²) in [5.74, 6) is -0.517. The van der Waals surface area contributed by atoms with Crippen LogP contribution in [0.1, 0.15) is 29.3 Å². The Morgan fingerprint density at radius 3 is 2.50 bits per heavy atom. The molecule has 2 atom stereocenters. The second-order valence-corrected chi connectivity index (χ2v) is 6.41. The number of hydrogen-bond acceptors (Lipinski definition) is 4. The van der Waals surface area contributed by atoms with Crippen LogP contribution in [0.2, 0.25) is 0 Å². The molecule has 1 saturated heterocycles. The molecule has 0 aromatic heterocycles. The average Bonchev–Trinajstić information content (AvgIpc) is 2.87. The van der Waals surface area contributed by atoms with Crippen LogP contribution in [0.25, 0.3) is 0 Å². The Kier molecular flexibility index (Phi) is 4.71. The molecule has 3 rings (SSSR count). The van der Waals surface area contributed by atoms with Gasteiger partial charge in [-0.15, -0.1) is 0 Å². The lowest BCUT2D eigenvalue weighted by Crippen LogP contribution is -2.37. The maximum Gasteiger partial charge on any atom is 0.251 e. The van der Waals surface area contributed by atoms with Crippen LogP contribution in [0.15, 0.2) is 48.5 Å². The van der Waals surface area contributed by atoms with Gasteiger partial charge in [0.15, 0.2) is 0 Å². The fourth-order valence-electron chi connectivity index (χ4n) is 3.24. The molecule has 1 aliphatic heterocycles. The molecular weight excluding hydrogens is 304 g/mol. The van der Waals surface area contributed by atoms with E-state index in [4.69, 9.17) is 0 Å². The van der Waals surface area contributed by atoms with Gasteiger partial charge in [-0.05, 0) is 31.0 Å². The minimum Gasteiger partial charge on any atom is -0.508 e. The zero-order valence-electron chi connectivity index (χ0n) is 13.6. The van der Waals surface area contributed by atoms with Crippen LogP contribution in [-0.4, -0.2) is 39.6 Å². The van der Waals surface area contributed by atoms with E-state index in [1.165, 1.54) is 23.8 Å². The highest BCUT2D eigenvalue weighted by Gasteiger charge is 2.30. The molecule has 1 heterocycles. The Balaban J connectivity index is 1.61. The maximum absolute atomic E-state index is 12.3. The van der Waals surface area contributed by atoms with Crippen molar-refractivity contribution in [3.05, 3.63) is 59.7 Å². The lowest BCUT2D eigenvalue weighted by Gasteiger charge is -2.20. The number of benzene rings is 2. The van der Waals surface area contributed by atoms with Crippen LogP contribution in [0.5, 0.6) is 11.5 Å².